The van der Waals surface area contributed by atoms with E-state index in [0.717, 1.165) is 12.0 Å². The van der Waals surface area contributed by atoms with Crippen molar-refractivity contribution in [1.29, 1.82) is 0 Å². The highest BCUT2D eigenvalue weighted by atomic mass is 32.2. The number of hydrogen-bond donors (Lipinski definition) is 1. The maximum atomic E-state index is 13.8. The van der Waals surface area contributed by atoms with Crippen LogP contribution in [0.25, 0.3) is 0 Å². The van der Waals surface area contributed by atoms with Gasteiger partial charge >= 0.3 is 0 Å². The van der Waals surface area contributed by atoms with Crippen LogP contribution in [-0.4, -0.2) is 32.2 Å². The van der Waals surface area contributed by atoms with E-state index in [1.54, 1.807) is 6.07 Å². The molecule has 108 valence electrons. The molecule has 1 aromatic carbocycles. The fourth-order valence-corrected chi connectivity index (χ4v) is 3.66. The summed E-state index contributed by atoms with van der Waals surface area (Å²) in [6.07, 6.45) is 2.69. The number of sulfone groups is 1. The van der Waals surface area contributed by atoms with Crippen molar-refractivity contribution < 1.29 is 12.8 Å². The van der Waals surface area contributed by atoms with Crippen LogP contribution >= 0.6 is 11.8 Å². The predicted octanol–water partition coefficient (Wildman–Crippen LogP) is 2.24. The van der Waals surface area contributed by atoms with Crippen LogP contribution in [-0.2, 0) is 16.3 Å². The lowest BCUT2D eigenvalue weighted by molar-refractivity contribution is 0.592. The summed E-state index contributed by atoms with van der Waals surface area (Å²) in [4.78, 5) is 0.484. The Kier molecular flexibility index (Phi) is 6.29. The average Bonchev–Trinajstić information content (AvgIpc) is 2.30. The lowest BCUT2D eigenvalue weighted by Gasteiger charge is -2.10. The van der Waals surface area contributed by atoms with Crippen LogP contribution < -0.4 is 5.73 Å². The molecule has 19 heavy (non-hydrogen) atoms. The molecule has 1 rings (SSSR count). The second kappa shape index (κ2) is 7.26. The van der Waals surface area contributed by atoms with E-state index < -0.39 is 9.84 Å². The van der Waals surface area contributed by atoms with E-state index in [-0.39, 0.29) is 17.6 Å². The van der Waals surface area contributed by atoms with E-state index in [4.69, 9.17) is 5.73 Å². The smallest absolute Gasteiger partial charge is 0.148 e. The van der Waals surface area contributed by atoms with Crippen molar-refractivity contribution >= 4 is 21.6 Å². The summed E-state index contributed by atoms with van der Waals surface area (Å²) < 4.78 is 35.8. The Morgan fingerprint density at radius 3 is 2.63 bits per heavy atom. The van der Waals surface area contributed by atoms with Crippen molar-refractivity contribution in [3.8, 4) is 0 Å². The van der Waals surface area contributed by atoms with E-state index in [2.05, 4.69) is 0 Å². The maximum Gasteiger partial charge on any atom is 0.148 e. The summed E-state index contributed by atoms with van der Waals surface area (Å²) in [7, 11) is -2.99. The maximum absolute atomic E-state index is 13.8. The van der Waals surface area contributed by atoms with Gasteiger partial charge in [0.1, 0.15) is 15.7 Å². The molecule has 0 amide bonds. The molecule has 0 bridgehead atoms. The summed E-state index contributed by atoms with van der Waals surface area (Å²) in [5.41, 5.74) is 6.70. The van der Waals surface area contributed by atoms with Gasteiger partial charge in [0.15, 0.2) is 0 Å². The molecule has 1 unspecified atom stereocenters. The van der Waals surface area contributed by atoms with Gasteiger partial charge in [-0.3, -0.25) is 0 Å². The molecule has 0 saturated carbocycles. The van der Waals surface area contributed by atoms with E-state index in [9.17, 15) is 12.8 Å². The highest BCUT2D eigenvalue weighted by molar-refractivity contribution is 8.00. The summed E-state index contributed by atoms with van der Waals surface area (Å²) in [6, 6.07) is 5.07. The monoisotopic (exact) mass is 305 g/mol. The molecule has 0 aliphatic carbocycles. The molecule has 0 aromatic heterocycles. The van der Waals surface area contributed by atoms with Crippen LogP contribution in [0, 0.1) is 5.82 Å². The fourth-order valence-electron chi connectivity index (χ4n) is 1.54. The number of thioether (sulfide) groups is 1. The quantitative estimate of drug-likeness (QED) is 0.785. The summed E-state index contributed by atoms with van der Waals surface area (Å²) >= 11 is 1.22. The number of benzene rings is 1. The Morgan fingerprint density at radius 2 is 2.11 bits per heavy atom. The van der Waals surface area contributed by atoms with Gasteiger partial charge in [-0.2, -0.15) is 0 Å². The average molecular weight is 305 g/mol. The first-order chi connectivity index (χ1) is 8.81. The summed E-state index contributed by atoms with van der Waals surface area (Å²) in [6.45, 7) is 2.00. The largest absolute Gasteiger partial charge is 0.327 e. The zero-order valence-electron chi connectivity index (χ0n) is 11.2. The SMILES string of the molecule is CCC(N)Cc1ccc(SCCS(C)(=O)=O)c(F)c1. The molecule has 6 heteroatoms. The van der Waals surface area contributed by atoms with Crippen molar-refractivity contribution in [2.45, 2.75) is 30.7 Å². The fraction of sp³-hybridized carbons (Fsp3) is 0.538. The number of hydrogen-bond acceptors (Lipinski definition) is 4. The molecule has 3 nitrogen and oxygen atoms in total. The summed E-state index contributed by atoms with van der Waals surface area (Å²) in [5, 5.41) is 0. The van der Waals surface area contributed by atoms with E-state index >= 15 is 0 Å². The molecule has 0 saturated heterocycles. The molecule has 0 fully saturated rings. The third-order valence-electron chi connectivity index (χ3n) is 2.73. The first kappa shape index (κ1) is 16.5. The van der Waals surface area contributed by atoms with E-state index in [1.165, 1.54) is 24.1 Å². The molecular weight excluding hydrogens is 285 g/mol. The first-order valence-corrected chi connectivity index (χ1v) is 9.21. The Bertz CT molecular complexity index is 517. The molecule has 2 N–H and O–H groups in total. The molecule has 0 spiro atoms. The molecule has 0 aliphatic rings. The number of halogens is 1. The van der Waals surface area contributed by atoms with Crippen LogP contribution in [0.2, 0.25) is 0 Å². The highest BCUT2D eigenvalue weighted by Gasteiger charge is 2.08. The van der Waals surface area contributed by atoms with Gasteiger partial charge in [0.05, 0.1) is 5.75 Å². The Hall–Kier alpha value is -0.590. The zero-order valence-corrected chi connectivity index (χ0v) is 12.9. The number of nitrogens with two attached hydrogens (primary N) is 1. The standard InChI is InChI=1S/C13H20FNO2S2/c1-3-11(15)8-10-4-5-13(12(14)9-10)18-6-7-19(2,16)17/h4-5,9,11H,3,6-8,15H2,1-2H3. The third-order valence-corrected chi connectivity index (χ3v) is 4.98. The predicted molar refractivity (Wildman–Crippen MR) is 78.8 cm³/mol. The Morgan fingerprint density at radius 1 is 1.42 bits per heavy atom. The van der Waals surface area contributed by atoms with Gasteiger partial charge in [0, 0.05) is 22.9 Å². The molecular formula is C13H20FNO2S2. The highest BCUT2D eigenvalue weighted by Crippen LogP contribution is 2.23. The van der Waals surface area contributed by atoms with Gasteiger partial charge in [0.25, 0.3) is 0 Å². The normalized spacial score (nSPS) is 13.5. The van der Waals surface area contributed by atoms with Crippen LogP contribution in [0.5, 0.6) is 0 Å². The molecule has 1 aromatic rings. The second-order valence-electron chi connectivity index (χ2n) is 4.62. The van der Waals surface area contributed by atoms with Crippen LogP contribution in [0.3, 0.4) is 0 Å². The first-order valence-electron chi connectivity index (χ1n) is 6.16. The van der Waals surface area contributed by atoms with Crippen molar-refractivity contribution in [3.05, 3.63) is 29.6 Å². The topological polar surface area (TPSA) is 60.2 Å². The minimum Gasteiger partial charge on any atom is -0.327 e. The van der Waals surface area contributed by atoms with Crippen LogP contribution in [0.1, 0.15) is 18.9 Å². The lowest BCUT2D eigenvalue weighted by atomic mass is 10.0. The van der Waals surface area contributed by atoms with Gasteiger partial charge in [-0.25, -0.2) is 12.8 Å². The van der Waals surface area contributed by atoms with Crippen LogP contribution in [0.4, 0.5) is 4.39 Å². The van der Waals surface area contributed by atoms with Gasteiger partial charge in [-0.05, 0) is 30.5 Å². The van der Waals surface area contributed by atoms with Gasteiger partial charge in [0.2, 0.25) is 0 Å². The third kappa shape index (κ3) is 6.40. The molecule has 0 heterocycles. The summed E-state index contributed by atoms with van der Waals surface area (Å²) in [5.74, 6) is 0.114. The minimum atomic E-state index is -2.99. The lowest BCUT2D eigenvalue weighted by Crippen LogP contribution is -2.21. The van der Waals surface area contributed by atoms with Crippen molar-refractivity contribution in [2.75, 3.05) is 17.8 Å². The van der Waals surface area contributed by atoms with Crippen molar-refractivity contribution in [1.82, 2.24) is 0 Å². The van der Waals surface area contributed by atoms with Gasteiger partial charge in [-0.1, -0.05) is 13.0 Å². The number of rotatable bonds is 7. The zero-order chi connectivity index (χ0) is 14.5. The van der Waals surface area contributed by atoms with Crippen molar-refractivity contribution in [3.63, 3.8) is 0 Å². The van der Waals surface area contributed by atoms with Gasteiger partial charge < -0.3 is 5.73 Å². The van der Waals surface area contributed by atoms with Crippen molar-refractivity contribution in [2.24, 2.45) is 5.73 Å². The molecule has 0 aliphatic heterocycles. The molecule has 0 radical (unpaired) electrons. The van der Waals surface area contributed by atoms with E-state index in [1.807, 2.05) is 13.0 Å². The Balaban J connectivity index is 2.62. The second-order valence-corrected chi connectivity index (χ2v) is 8.01. The van der Waals surface area contributed by atoms with Crippen LogP contribution in [0.15, 0.2) is 23.1 Å². The minimum absolute atomic E-state index is 0.0446. The van der Waals surface area contributed by atoms with Gasteiger partial charge in [-0.15, -0.1) is 11.8 Å². The Labute approximate surface area is 118 Å². The van der Waals surface area contributed by atoms with E-state index in [0.29, 0.717) is 17.1 Å². The molecule has 1 atom stereocenters.